The van der Waals surface area contributed by atoms with Crippen molar-refractivity contribution in [2.24, 2.45) is 0 Å². The first-order valence-electron chi connectivity index (χ1n) is 7.01. The van der Waals surface area contributed by atoms with E-state index in [9.17, 15) is 14.3 Å². The van der Waals surface area contributed by atoms with Gasteiger partial charge < -0.3 is 15.7 Å². The van der Waals surface area contributed by atoms with Crippen LogP contribution in [0, 0.1) is 19.7 Å². The molecule has 0 heterocycles. The normalized spacial score (nSPS) is 11.8. The van der Waals surface area contributed by atoms with E-state index in [0.717, 1.165) is 11.1 Å². The number of urea groups is 1. The standard InChI is InChI=1S/C17H19FN2O2/c1-11-3-6-13(7-4-11)16(21)10-19-17(22)20-15-8-5-12(2)9-14(15)18/h3-9,16,21H,10H2,1-2H3,(H2,19,20,22). The van der Waals surface area contributed by atoms with Crippen molar-refractivity contribution in [3.8, 4) is 0 Å². The molecule has 0 aliphatic rings. The van der Waals surface area contributed by atoms with Crippen molar-refractivity contribution in [2.75, 3.05) is 11.9 Å². The zero-order chi connectivity index (χ0) is 16.1. The van der Waals surface area contributed by atoms with Gasteiger partial charge in [0.05, 0.1) is 11.8 Å². The van der Waals surface area contributed by atoms with E-state index in [1.54, 1.807) is 25.1 Å². The van der Waals surface area contributed by atoms with E-state index in [2.05, 4.69) is 10.6 Å². The Morgan fingerprint density at radius 3 is 2.41 bits per heavy atom. The van der Waals surface area contributed by atoms with Crippen LogP contribution in [0.5, 0.6) is 0 Å². The number of hydrogen-bond acceptors (Lipinski definition) is 2. The van der Waals surface area contributed by atoms with Gasteiger partial charge in [-0.05, 0) is 37.1 Å². The molecule has 2 aromatic carbocycles. The van der Waals surface area contributed by atoms with Gasteiger partial charge in [-0.2, -0.15) is 0 Å². The summed E-state index contributed by atoms with van der Waals surface area (Å²) in [6.45, 7) is 3.77. The average molecular weight is 302 g/mol. The van der Waals surface area contributed by atoms with Crippen LogP contribution in [0.15, 0.2) is 42.5 Å². The lowest BCUT2D eigenvalue weighted by molar-refractivity contribution is 0.175. The van der Waals surface area contributed by atoms with Crippen molar-refractivity contribution in [2.45, 2.75) is 20.0 Å². The Labute approximate surface area is 129 Å². The third kappa shape index (κ3) is 4.30. The zero-order valence-electron chi connectivity index (χ0n) is 12.6. The maximum absolute atomic E-state index is 13.6. The fourth-order valence-corrected chi connectivity index (χ4v) is 1.98. The highest BCUT2D eigenvalue weighted by molar-refractivity contribution is 5.89. The van der Waals surface area contributed by atoms with Crippen molar-refractivity contribution < 1.29 is 14.3 Å². The fourth-order valence-electron chi connectivity index (χ4n) is 1.98. The molecule has 0 fully saturated rings. The molecule has 2 amide bonds. The molecule has 3 N–H and O–H groups in total. The molecule has 0 spiro atoms. The Morgan fingerprint density at radius 1 is 1.14 bits per heavy atom. The molecular weight excluding hydrogens is 283 g/mol. The number of carbonyl (C=O) groups is 1. The summed E-state index contributed by atoms with van der Waals surface area (Å²) in [5.41, 5.74) is 2.69. The Bertz CT molecular complexity index is 656. The average Bonchev–Trinajstić information content (AvgIpc) is 2.48. The maximum Gasteiger partial charge on any atom is 0.319 e. The lowest BCUT2D eigenvalue weighted by Crippen LogP contribution is -2.32. The zero-order valence-corrected chi connectivity index (χ0v) is 12.6. The van der Waals surface area contributed by atoms with Crippen molar-refractivity contribution in [1.29, 1.82) is 0 Å². The molecule has 2 rings (SSSR count). The van der Waals surface area contributed by atoms with Crippen molar-refractivity contribution >= 4 is 11.7 Å². The molecule has 0 saturated carbocycles. The molecular formula is C17H19FN2O2. The number of benzene rings is 2. The molecule has 0 aliphatic heterocycles. The van der Waals surface area contributed by atoms with Crippen LogP contribution in [0.3, 0.4) is 0 Å². The molecule has 4 nitrogen and oxygen atoms in total. The van der Waals surface area contributed by atoms with Crippen LogP contribution in [0.2, 0.25) is 0 Å². The monoisotopic (exact) mass is 302 g/mol. The molecule has 22 heavy (non-hydrogen) atoms. The van der Waals surface area contributed by atoms with Gasteiger partial charge in [-0.3, -0.25) is 0 Å². The molecule has 1 unspecified atom stereocenters. The first-order chi connectivity index (χ1) is 10.5. The van der Waals surface area contributed by atoms with Crippen LogP contribution in [0.25, 0.3) is 0 Å². The van der Waals surface area contributed by atoms with E-state index in [0.29, 0.717) is 5.56 Å². The van der Waals surface area contributed by atoms with E-state index in [1.807, 2.05) is 19.1 Å². The number of anilines is 1. The summed E-state index contributed by atoms with van der Waals surface area (Å²) >= 11 is 0. The number of amides is 2. The first-order valence-corrected chi connectivity index (χ1v) is 7.01. The summed E-state index contributed by atoms with van der Waals surface area (Å²) in [4.78, 5) is 11.7. The number of aliphatic hydroxyl groups is 1. The summed E-state index contributed by atoms with van der Waals surface area (Å²) in [7, 11) is 0. The summed E-state index contributed by atoms with van der Waals surface area (Å²) < 4.78 is 13.6. The third-order valence-electron chi connectivity index (χ3n) is 3.29. The van der Waals surface area contributed by atoms with Gasteiger partial charge in [0, 0.05) is 6.54 Å². The fraction of sp³-hybridized carbons (Fsp3) is 0.235. The van der Waals surface area contributed by atoms with E-state index in [4.69, 9.17) is 0 Å². The van der Waals surface area contributed by atoms with Crippen LogP contribution >= 0.6 is 0 Å². The van der Waals surface area contributed by atoms with E-state index < -0.39 is 18.0 Å². The number of hydrogen-bond donors (Lipinski definition) is 3. The molecule has 0 saturated heterocycles. The lowest BCUT2D eigenvalue weighted by atomic mass is 10.1. The van der Waals surface area contributed by atoms with Crippen molar-refractivity contribution in [1.82, 2.24) is 5.32 Å². The van der Waals surface area contributed by atoms with Gasteiger partial charge >= 0.3 is 6.03 Å². The second-order valence-electron chi connectivity index (χ2n) is 5.24. The molecule has 0 aliphatic carbocycles. The summed E-state index contributed by atoms with van der Waals surface area (Å²) in [6, 6.07) is 11.4. The number of aryl methyl sites for hydroxylation is 2. The van der Waals surface area contributed by atoms with Gasteiger partial charge in [-0.15, -0.1) is 0 Å². The van der Waals surface area contributed by atoms with Crippen LogP contribution in [-0.4, -0.2) is 17.7 Å². The maximum atomic E-state index is 13.6. The minimum atomic E-state index is -0.811. The number of nitrogens with one attached hydrogen (secondary N) is 2. The molecule has 0 aromatic heterocycles. The third-order valence-corrected chi connectivity index (χ3v) is 3.29. The number of aliphatic hydroxyl groups excluding tert-OH is 1. The minimum Gasteiger partial charge on any atom is -0.387 e. The van der Waals surface area contributed by atoms with Gasteiger partial charge in [0.1, 0.15) is 5.82 Å². The van der Waals surface area contributed by atoms with Crippen LogP contribution in [0.4, 0.5) is 14.9 Å². The Balaban J connectivity index is 1.88. The van der Waals surface area contributed by atoms with Gasteiger partial charge in [-0.1, -0.05) is 35.9 Å². The molecule has 116 valence electrons. The second kappa shape index (κ2) is 7.04. The van der Waals surface area contributed by atoms with E-state index in [-0.39, 0.29) is 12.2 Å². The highest BCUT2D eigenvalue weighted by Crippen LogP contribution is 2.15. The topological polar surface area (TPSA) is 61.4 Å². The van der Waals surface area contributed by atoms with Crippen LogP contribution in [-0.2, 0) is 0 Å². The van der Waals surface area contributed by atoms with Gasteiger partial charge in [0.15, 0.2) is 0 Å². The molecule has 0 radical (unpaired) electrons. The van der Waals surface area contributed by atoms with E-state index in [1.165, 1.54) is 12.1 Å². The molecule has 1 atom stereocenters. The molecule has 5 heteroatoms. The Morgan fingerprint density at radius 2 is 1.77 bits per heavy atom. The summed E-state index contributed by atoms with van der Waals surface area (Å²) in [6.07, 6.45) is -0.811. The lowest BCUT2D eigenvalue weighted by Gasteiger charge is -2.13. The number of halogens is 1. The largest absolute Gasteiger partial charge is 0.387 e. The first kappa shape index (κ1) is 16.0. The van der Waals surface area contributed by atoms with Crippen molar-refractivity contribution in [3.05, 3.63) is 65.0 Å². The summed E-state index contributed by atoms with van der Waals surface area (Å²) in [5, 5.41) is 14.9. The van der Waals surface area contributed by atoms with Crippen LogP contribution in [0.1, 0.15) is 22.8 Å². The van der Waals surface area contributed by atoms with Crippen molar-refractivity contribution in [3.63, 3.8) is 0 Å². The highest BCUT2D eigenvalue weighted by atomic mass is 19.1. The Hall–Kier alpha value is -2.40. The van der Waals surface area contributed by atoms with Crippen LogP contribution < -0.4 is 10.6 Å². The second-order valence-corrected chi connectivity index (χ2v) is 5.24. The minimum absolute atomic E-state index is 0.0440. The van der Waals surface area contributed by atoms with E-state index >= 15 is 0 Å². The SMILES string of the molecule is Cc1ccc(C(O)CNC(=O)Nc2ccc(C)cc2F)cc1. The molecule has 0 bridgehead atoms. The molecule has 2 aromatic rings. The smallest absolute Gasteiger partial charge is 0.319 e. The van der Waals surface area contributed by atoms with Gasteiger partial charge in [-0.25, -0.2) is 9.18 Å². The van der Waals surface area contributed by atoms with Gasteiger partial charge in [0.2, 0.25) is 0 Å². The number of carbonyl (C=O) groups excluding carboxylic acids is 1. The summed E-state index contributed by atoms with van der Waals surface area (Å²) in [5.74, 6) is -0.491. The predicted molar refractivity (Wildman–Crippen MR) is 84.3 cm³/mol. The Kier molecular flexibility index (Phi) is 5.12. The highest BCUT2D eigenvalue weighted by Gasteiger charge is 2.11. The number of rotatable bonds is 4. The quantitative estimate of drug-likeness (QED) is 0.811. The predicted octanol–water partition coefficient (Wildman–Crippen LogP) is 3.30. The van der Waals surface area contributed by atoms with Gasteiger partial charge in [0.25, 0.3) is 0 Å².